The predicted octanol–water partition coefficient (Wildman–Crippen LogP) is 2.83. The quantitative estimate of drug-likeness (QED) is 0.664. The Kier molecular flexibility index (Phi) is 5.79. The van der Waals surface area contributed by atoms with Gasteiger partial charge in [-0.15, -0.1) is 0 Å². The first-order valence-corrected chi connectivity index (χ1v) is 6.55. The maximum atomic E-state index is 11.5. The number of benzene rings is 1. The van der Waals surface area contributed by atoms with E-state index in [-0.39, 0.29) is 18.0 Å². The van der Waals surface area contributed by atoms with Crippen LogP contribution in [0.4, 0.5) is 0 Å². The molecule has 1 aromatic carbocycles. The molecular weight excluding hydrogens is 285 g/mol. The van der Waals surface area contributed by atoms with Gasteiger partial charge in [0.2, 0.25) is 0 Å². The molecule has 2 N–H and O–H groups in total. The Balaban J connectivity index is 2.47. The van der Waals surface area contributed by atoms with Crippen molar-refractivity contribution in [2.24, 2.45) is 5.10 Å². The summed E-state index contributed by atoms with van der Waals surface area (Å²) in [6, 6.07) is 5.05. The topological polar surface area (TPSA) is 53.5 Å². The molecule has 1 aromatic rings. The molecule has 0 fully saturated rings. The maximum Gasteiger partial charge on any atom is 0.254 e. The lowest BCUT2D eigenvalue weighted by atomic mass is 10.1. The minimum Gasteiger partial charge on any atom is -0.304 e. The maximum absolute atomic E-state index is 11.5. The van der Waals surface area contributed by atoms with Crippen LogP contribution in [0.15, 0.2) is 23.3 Å². The zero-order chi connectivity index (χ0) is 14.5. The Hall–Kier alpha value is -1.10. The minimum absolute atomic E-state index is 0.111. The van der Waals surface area contributed by atoms with Crippen LogP contribution >= 0.6 is 23.2 Å². The minimum atomic E-state index is -0.212. The average molecular weight is 302 g/mol. The number of hydrazone groups is 1. The van der Waals surface area contributed by atoms with Gasteiger partial charge < -0.3 is 5.32 Å². The average Bonchev–Trinajstić information content (AvgIpc) is 2.28. The van der Waals surface area contributed by atoms with Crippen LogP contribution in [0.3, 0.4) is 0 Å². The summed E-state index contributed by atoms with van der Waals surface area (Å²) in [6.07, 6.45) is 1.48. The van der Waals surface area contributed by atoms with E-state index < -0.39 is 0 Å². The molecule has 0 spiro atoms. The van der Waals surface area contributed by atoms with Crippen LogP contribution in [-0.4, -0.2) is 24.2 Å². The van der Waals surface area contributed by atoms with Gasteiger partial charge in [0.25, 0.3) is 5.91 Å². The summed E-state index contributed by atoms with van der Waals surface area (Å²) in [7, 11) is 0. The molecule has 0 bridgehead atoms. The number of hydrogen-bond acceptors (Lipinski definition) is 3. The van der Waals surface area contributed by atoms with Crippen molar-refractivity contribution in [1.29, 1.82) is 0 Å². The fourth-order valence-corrected chi connectivity index (χ4v) is 1.62. The molecule has 0 atom stereocenters. The molecule has 0 aromatic heterocycles. The monoisotopic (exact) mass is 301 g/mol. The van der Waals surface area contributed by atoms with E-state index in [1.807, 2.05) is 20.8 Å². The van der Waals surface area contributed by atoms with Gasteiger partial charge in [-0.05, 0) is 32.9 Å². The first kappa shape index (κ1) is 16.0. The van der Waals surface area contributed by atoms with Gasteiger partial charge in [-0.1, -0.05) is 29.3 Å². The lowest BCUT2D eigenvalue weighted by Crippen LogP contribution is -2.42. The van der Waals surface area contributed by atoms with Crippen molar-refractivity contribution in [2.45, 2.75) is 26.3 Å². The largest absolute Gasteiger partial charge is 0.304 e. The van der Waals surface area contributed by atoms with Crippen molar-refractivity contribution in [1.82, 2.24) is 10.7 Å². The zero-order valence-electron chi connectivity index (χ0n) is 11.1. The summed E-state index contributed by atoms with van der Waals surface area (Å²) >= 11 is 11.7. The molecule has 0 saturated carbocycles. The van der Waals surface area contributed by atoms with Crippen LogP contribution in [0.1, 0.15) is 26.3 Å². The Bertz CT molecular complexity index is 481. The highest BCUT2D eigenvalue weighted by atomic mass is 35.5. The zero-order valence-corrected chi connectivity index (χ0v) is 12.6. The Labute approximate surface area is 123 Å². The van der Waals surface area contributed by atoms with Crippen molar-refractivity contribution in [3.8, 4) is 0 Å². The van der Waals surface area contributed by atoms with Gasteiger partial charge in [-0.2, -0.15) is 5.10 Å². The van der Waals surface area contributed by atoms with Gasteiger partial charge >= 0.3 is 0 Å². The van der Waals surface area contributed by atoms with Gasteiger partial charge in [-0.25, -0.2) is 5.43 Å². The Morgan fingerprint density at radius 2 is 2.05 bits per heavy atom. The van der Waals surface area contributed by atoms with E-state index in [1.54, 1.807) is 18.2 Å². The summed E-state index contributed by atoms with van der Waals surface area (Å²) in [5.41, 5.74) is 3.00. The highest BCUT2D eigenvalue weighted by Crippen LogP contribution is 2.19. The summed E-state index contributed by atoms with van der Waals surface area (Å²) in [5.74, 6) is -0.212. The van der Waals surface area contributed by atoms with E-state index in [4.69, 9.17) is 23.2 Å². The van der Waals surface area contributed by atoms with Crippen LogP contribution < -0.4 is 10.7 Å². The van der Waals surface area contributed by atoms with Crippen LogP contribution in [0.2, 0.25) is 10.0 Å². The van der Waals surface area contributed by atoms with E-state index in [0.717, 1.165) is 0 Å². The van der Waals surface area contributed by atoms with E-state index in [1.165, 1.54) is 6.21 Å². The molecule has 19 heavy (non-hydrogen) atoms. The molecule has 0 saturated heterocycles. The standard InChI is InChI=1S/C13H17Cl2N3O/c1-13(2,3)16-8-12(19)18-17-7-9-4-5-10(14)6-11(9)15/h4-7,16H,8H2,1-3H3,(H,18,19). The lowest BCUT2D eigenvalue weighted by molar-refractivity contribution is -0.120. The second-order valence-corrected chi connectivity index (χ2v) is 5.91. The summed E-state index contributed by atoms with van der Waals surface area (Å²) < 4.78 is 0. The number of carbonyl (C=O) groups excluding carboxylic acids is 1. The van der Waals surface area contributed by atoms with Crippen molar-refractivity contribution in [2.75, 3.05) is 6.54 Å². The smallest absolute Gasteiger partial charge is 0.254 e. The van der Waals surface area contributed by atoms with Gasteiger partial charge in [0, 0.05) is 16.1 Å². The molecule has 0 aliphatic carbocycles. The van der Waals surface area contributed by atoms with E-state index in [0.29, 0.717) is 15.6 Å². The first-order chi connectivity index (χ1) is 8.78. The molecule has 4 nitrogen and oxygen atoms in total. The number of amides is 1. The van der Waals surface area contributed by atoms with E-state index in [9.17, 15) is 4.79 Å². The first-order valence-electron chi connectivity index (χ1n) is 5.80. The molecule has 0 radical (unpaired) electrons. The second kappa shape index (κ2) is 6.89. The summed E-state index contributed by atoms with van der Waals surface area (Å²) in [4.78, 5) is 11.5. The van der Waals surface area contributed by atoms with Gasteiger partial charge in [0.1, 0.15) is 0 Å². The SMILES string of the molecule is CC(C)(C)NCC(=O)NN=Cc1ccc(Cl)cc1Cl. The molecule has 1 amide bonds. The van der Waals surface area contributed by atoms with Crippen LogP contribution in [0, 0.1) is 0 Å². The molecule has 6 heteroatoms. The highest BCUT2D eigenvalue weighted by molar-refractivity contribution is 6.36. The van der Waals surface area contributed by atoms with Crippen molar-refractivity contribution in [3.05, 3.63) is 33.8 Å². The number of rotatable bonds is 4. The number of halogens is 2. The lowest BCUT2D eigenvalue weighted by Gasteiger charge is -2.19. The fourth-order valence-electron chi connectivity index (χ4n) is 1.16. The molecule has 0 heterocycles. The van der Waals surface area contributed by atoms with Gasteiger partial charge in [0.15, 0.2) is 0 Å². The fraction of sp³-hybridized carbons (Fsp3) is 0.385. The van der Waals surface area contributed by atoms with Gasteiger partial charge in [0.05, 0.1) is 17.8 Å². The predicted molar refractivity (Wildman–Crippen MR) is 80.0 cm³/mol. The number of carbonyl (C=O) groups is 1. The molecule has 0 aliphatic rings. The third-order valence-electron chi connectivity index (χ3n) is 2.13. The van der Waals surface area contributed by atoms with E-state index in [2.05, 4.69) is 15.8 Å². The summed E-state index contributed by atoms with van der Waals surface area (Å²) in [5, 5.41) is 7.94. The van der Waals surface area contributed by atoms with Crippen LogP contribution in [0.25, 0.3) is 0 Å². The highest BCUT2D eigenvalue weighted by Gasteiger charge is 2.10. The Morgan fingerprint density at radius 1 is 1.37 bits per heavy atom. The molecular formula is C13H17Cl2N3O. The molecule has 104 valence electrons. The summed E-state index contributed by atoms with van der Waals surface area (Å²) in [6.45, 7) is 6.15. The number of nitrogens with zero attached hydrogens (tertiary/aromatic N) is 1. The van der Waals surface area contributed by atoms with Crippen LogP contribution in [-0.2, 0) is 4.79 Å². The second-order valence-electron chi connectivity index (χ2n) is 5.06. The van der Waals surface area contributed by atoms with Crippen molar-refractivity contribution < 1.29 is 4.79 Å². The van der Waals surface area contributed by atoms with Crippen molar-refractivity contribution in [3.63, 3.8) is 0 Å². The molecule has 1 rings (SSSR count). The van der Waals surface area contributed by atoms with Gasteiger partial charge in [-0.3, -0.25) is 4.79 Å². The number of nitrogens with one attached hydrogen (secondary N) is 2. The van der Waals surface area contributed by atoms with Crippen LogP contribution in [0.5, 0.6) is 0 Å². The molecule has 0 aliphatic heterocycles. The molecule has 0 unspecified atom stereocenters. The number of hydrogen-bond donors (Lipinski definition) is 2. The normalized spacial score (nSPS) is 11.8. The van der Waals surface area contributed by atoms with Crippen molar-refractivity contribution >= 4 is 35.3 Å². The Morgan fingerprint density at radius 3 is 2.63 bits per heavy atom. The third kappa shape index (κ3) is 6.57. The third-order valence-corrected chi connectivity index (χ3v) is 2.70. The van der Waals surface area contributed by atoms with E-state index >= 15 is 0 Å².